The molecule has 1 saturated heterocycles. The van der Waals surface area contributed by atoms with Crippen LogP contribution in [0.4, 0.5) is 5.69 Å². The maximum absolute atomic E-state index is 12.4. The highest BCUT2D eigenvalue weighted by Gasteiger charge is 2.42. The quantitative estimate of drug-likeness (QED) is 0.640. The molecule has 1 heterocycles. The summed E-state index contributed by atoms with van der Waals surface area (Å²) >= 11 is 1.55. The zero-order valence-electron chi connectivity index (χ0n) is 13.5. The van der Waals surface area contributed by atoms with E-state index in [9.17, 15) is 9.59 Å². The van der Waals surface area contributed by atoms with E-state index < -0.39 is 5.41 Å². The van der Waals surface area contributed by atoms with Crippen molar-refractivity contribution in [1.29, 1.82) is 0 Å². The van der Waals surface area contributed by atoms with E-state index in [0.717, 1.165) is 16.1 Å². The monoisotopic (exact) mass is 340 g/mol. The number of anilines is 1. The number of imide groups is 1. The van der Waals surface area contributed by atoms with Gasteiger partial charge in [0, 0.05) is 17.0 Å². The Kier molecular flexibility index (Phi) is 4.90. The third-order valence-electron chi connectivity index (χ3n) is 4.54. The van der Waals surface area contributed by atoms with Crippen LogP contribution in [0.15, 0.2) is 59.5 Å². The topological polar surface area (TPSA) is 58.2 Å². The molecule has 1 aliphatic rings. The minimum Gasteiger partial charge on any atom is -0.326 e. The second-order valence-electron chi connectivity index (χ2n) is 5.91. The van der Waals surface area contributed by atoms with Crippen molar-refractivity contribution >= 4 is 29.4 Å². The van der Waals surface area contributed by atoms with Gasteiger partial charge in [-0.25, -0.2) is 0 Å². The molecule has 124 valence electrons. The van der Waals surface area contributed by atoms with Crippen LogP contribution < -0.4 is 10.0 Å². The minimum absolute atomic E-state index is 0.179. The first-order chi connectivity index (χ1) is 11.6. The Hall–Kier alpha value is -2.27. The number of nitrogens with one attached hydrogen (secondary N) is 2. The van der Waals surface area contributed by atoms with Crippen molar-refractivity contribution in [3.05, 3.63) is 60.2 Å². The lowest BCUT2D eigenvalue weighted by molar-refractivity contribution is -0.138. The molecule has 1 fully saturated rings. The fourth-order valence-electron chi connectivity index (χ4n) is 3.03. The van der Waals surface area contributed by atoms with Gasteiger partial charge in [0.2, 0.25) is 11.8 Å². The molecule has 0 saturated carbocycles. The third kappa shape index (κ3) is 3.31. The van der Waals surface area contributed by atoms with Gasteiger partial charge >= 0.3 is 0 Å². The molecule has 1 aliphatic heterocycles. The van der Waals surface area contributed by atoms with Crippen LogP contribution in [-0.2, 0) is 15.0 Å². The summed E-state index contributed by atoms with van der Waals surface area (Å²) in [5, 5.41) is 2.48. The van der Waals surface area contributed by atoms with Crippen LogP contribution in [0.25, 0.3) is 0 Å². The van der Waals surface area contributed by atoms with E-state index in [0.29, 0.717) is 19.3 Å². The highest BCUT2D eigenvalue weighted by Crippen LogP contribution is 2.36. The summed E-state index contributed by atoms with van der Waals surface area (Å²) < 4.78 is 3.30. The van der Waals surface area contributed by atoms with Gasteiger partial charge in [0.05, 0.1) is 5.41 Å². The van der Waals surface area contributed by atoms with Crippen molar-refractivity contribution in [2.75, 3.05) is 4.72 Å². The van der Waals surface area contributed by atoms with E-state index in [2.05, 4.69) is 10.0 Å². The molecule has 24 heavy (non-hydrogen) atoms. The molecule has 1 atom stereocenters. The number of hydrogen-bond acceptors (Lipinski definition) is 4. The summed E-state index contributed by atoms with van der Waals surface area (Å²) in [4.78, 5) is 25.0. The molecule has 3 rings (SSSR count). The first kappa shape index (κ1) is 16.6. The van der Waals surface area contributed by atoms with Crippen LogP contribution >= 0.6 is 11.9 Å². The minimum atomic E-state index is -0.598. The molecule has 0 bridgehead atoms. The van der Waals surface area contributed by atoms with Gasteiger partial charge in [-0.05, 0) is 54.6 Å². The second kappa shape index (κ2) is 7.09. The molecule has 2 aromatic carbocycles. The Balaban J connectivity index is 1.73. The number of rotatable bonds is 5. The summed E-state index contributed by atoms with van der Waals surface area (Å²) in [5.74, 6) is -0.359. The van der Waals surface area contributed by atoms with Crippen molar-refractivity contribution in [2.24, 2.45) is 0 Å². The van der Waals surface area contributed by atoms with Crippen molar-refractivity contribution in [3.63, 3.8) is 0 Å². The summed E-state index contributed by atoms with van der Waals surface area (Å²) in [6.45, 7) is 1.99. The van der Waals surface area contributed by atoms with Gasteiger partial charge < -0.3 is 4.72 Å². The molecular formula is C19H20N2O2S. The third-order valence-corrected chi connectivity index (χ3v) is 5.38. The number of benzene rings is 2. The molecule has 2 amide bonds. The van der Waals surface area contributed by atoms with Gasteiger partial charge in [-0.3, -0.25) is 14.9 Å². The number of amides is 2. The van der Waals surface area contributed by atoms with Crippen LogP contribution in [0.3, 0.4) is 0 Å². The summed E-state index contributed by atoms with van der Waals surface area (Å²) in [7, 11) is 0. The zero-order chi connectivity index (χ0) is 17.0. The first-order valence-corrected chi connectivity index (χ1v) is 8.88. The van der Waals surface area contributed by atoms with E-state index in [4.69, 9.17) is 0 Å². The Labute approximate surface area is 146 Å². The van der Waals surface area contributed by atoms with E-state index in [1.54, 1.807) is 11.9 Å². The Bertz CT molecular complexity index is 731. The van der Waals surface area contributed by atoms with E-state index >= 15 is 0 Å². The number of hydrogen-bond donors (Lipinski definition) is 2. The van der Waals surface area contributed by atoms with Gasteiger partial charge in [0.1, 0.15) is 0 Å². The van der Waals surface area contributed by atoms with Crippen molar-refractivity contribution < 1.29 is 9.59 Å². The molecule has 0 spiro atoms. The van der Waals surface area contributed by atoms with Gasteiger partial charge in [-0.2, -0.15) is 0 Å². The average molecular weight is 340 g/mol. The van der Waals surface area contributed by atoms with Crippen molar-refractivity contribution in [3.8, 4) is 0 Å². The molecular weight excluding hydrogens is 320 g/mol. The number of carbonyl (C=O) groups excluding carboxylic acids is 2. The SMILES string of the molecule is CC[C@@]1(c2ccc(NSc3ccccc3)cc2)CCC(=O)NC1=O. The van der Waals surface area contributed by atoms with Crippen molar-refractivity contribution in [1.82, 2.24) is 5.32 Å². The van der Waals surface area contributed by atoms with Gasteiger partial charge in [0.25, 0.3) is 0 Å². The molecule has 0 radical (unpaired) electrons. The Morgan fingerprint density at radius 1 is 1.08 bits per heavy atom. The normalized spacial score (nSPS) is 20.5. The maximum atomic E-state index is 12.4. The molecule has 0 unspecified atom stereocenters. The molecule has 4 nitrogen and oxygen atoms in total. The summed E-state index contributed by atoms with van der Waals surface area (Å²) in [5.41, 5.74) is 1.34. The molecule has 0 aromatic heterocycles. The molecule has 0 aliphatic carbocycles. The fourth-order valence-corrected chi connectivity index (χ4v) is 3.69. The van der Waals surface area contributed by atoms with Crippen LogP contribution in [-0.4, -0.2) is 11.8 Å². The smallest absolute Gasteiger partial charge is 0.237 e. The van der Waals surface area contributed by atoms with E-state index in [1.807, 2.05) is 61.5 Å². The maximum Gasteiger partial charge on any atom is 0.237 e. The Morgan fingerprint density at radius 2 is 1.79 bits per heavy atom. The first-order valence-electron chi connectivity index (χ1n) is 8.07. The predicted octanol–water partition coefficient (Wildman–Crippen LogP) is 3.89. The molecule has 2 aromatic rings. The zero-order valence-corrected chi connectivity index (χ0v) is 14.4. The van der Waals surface area contributed by atoms with Gasteiger partial charge in [-0.1, -0.05) is 37.3 Å². The number of carbonyl (C=O) groups is 2. The largest absolute Gasteiger partial charge is 0.326 e. The predicted molar refractivity (Wildman–Crippen MR) is 96.7 cm³/mol. The summed E-state index contributed by atoms with van der Waals surface area (Å²) in [6.07, 6.45) is 1.64. The highest BCUT2D eigenvalue weighted by molar-refractivity contribution is 8.00. The fraction of sp³-hybridized carbons (Fsp3) is 0.263. The van der Waals surface area contributed by atoms with E-state index in [-0.39, 0.29) is 11.8 Å². The lowest BCUT2D eigenvalue weighted by Crippen LogP contribution is -2.51. The average Bonchev–Trinajstić information content (AvgIpc) is 2.62. The molecule has 2 N–H and O–H groups in total. The van der Waals surface area contributed by atoms with Crippen molar-refractivity contribution in [2.45, 2.75) is 36.5 Å². The highest BCUT2D eigenvalue weighted by atomic mass is 32.2. The van der Waals surface area contributed by atoms with Gasteiger partial charge in [-0.15, -0.1) is 0 Å². The molecule has 5 heteroatoms. The number of piperidine rings is 1. The standard InChI is InChI=1S/C19H20N2O2S/c1-2-19(13-12-17(22)20-18(19)23)14-8-10-15(11-9-14)21-24-16-6-4-3-5-7-16/h3-11,21H,2,12-13H2,1H3,(H,20,22,23)/t19-/m0/s1. The second-order valence-corrected chi connectivity index (χ2v) is 6.79. The van der Waals surface area contributed by atoms with E-state index in [1.165, 1.54) is 0 Å². The lowest BCUT2D eigenvalue weighted by atomic mass is 9.72. The van der Waals surface area contributed by atoms with Crippen LogP contribution in [0.2, 0.25) is 0 Å². The van der Waals surface area contributed by atoms with Gasteiger partial charge in [0.15, 0.2) is 0 Å². The van der Waals surface area contributed by atoms with Crippen LogP contribution in [0.1, 0.15) is 31.7 Å². The summed E-state index contributed by atoms with van der Waals surface area (Å²) in [6, 6.07) is 18.0. The van der Waals surface area contributed by atoms with Crippen LogP contribution in [0.5, 0.6) is 0 Å². The Morgan fingerprint density at radius 3 is 2.42 bits per heavy atom. The van der Waals surface area contributed by atoms with Crippen LogP contribution in [0, 0.1) is 0 Å². The lowest BCUT2D eigenvalue weighted by Gasteiger charge is -2.35.